The highest BCUT2D eigenvalue weighted by Gasteiger charge is 2.24. The van der Waals surface area contributed by atoms with Gasteiger partial charge in [0.1, 0.15) is 0 Å². The first kappa shape index (κ1) is 9.96. The lowest BCUT2D eigenvalue weighted by atomic mass is 10.2. The fourth-order valence-corrected chi connectivity index (χ4v) is 1.68. The molecule has 0 bridgehead atoms. The SMILES string of the molecule is COC[C@H]1COCCN1C(C)C. The molecule has 1 rings (SSSR count). The average Bonchev–Trinajstić information content (AvgIpc) is 2.05. The zero-order chi connectivity index (χ0) is 8.97. The van der Waals surface area contributed by atoms with E-state index in [1.165, 1.54) is 0 Å². The maximum atomic E-state index is 5.39. The first-order valence-electron chi connectivity index (χ1n) is 4.58. The Labute approximate surface area is 74.6 Å². The largest absolute Gasteiger partial charge is 0.383 e. The van der Waals surface area contributed by atoms with E-state index in [1.54, 1.807) is 7.11 Å². The molecule has 0 N–H and O–H groups in total. The normalized spacial score (nSPS) is 26.5. The second-order valence-corrected chi connectivity index (χ2v) is 3.52. The highest BCUT2D eigenvalue weighted by molar-refractivity contribution is 4.77. The third-order valence-electron chi connectivity index (χ3n) is 2.30. The molecule has 1 saturated heterocycles. The Morgan fingerprint density at radius 3 is 2.92 bits per heavy atom. The summed E-state index contributed by atoms with van der Waals surface area (Å²) in [5, 5.41) is 0. The zero-order valence-corrected chi connectivity index (χ0v) is 8.25. The van der Waals surface area contributed by atoms with Crippen molar-refractivity contribution in [2.75, 3.05) is 33.5 Å². The van der Waals surface area contributed by atoms with E-state index >= 15 is 0 Å². The van der Waals surface area contributed by atoms with Crippen LogP contribution in [0.4, 0.5) is 0 Å². The maximum absolute atomic E-state index is 5.39. The lowest BCUT2D eigenvalue weighted by Crippen LogP contribution is -2.50. The molecule has 0 aromatic rings. The summed E-state index contributed by atoms with van der Waals surface area (Å²) in [5.74, 6) is 0. The van der Waals surface area contributed by atoms with Gasteiger partial charge in [0.25, 0.3) is 0 Å². The summed E-state index contributed by atoms with van der Waals surface area (Å²) in [4.78, 5) is 2.44. The standard InChI is InChI=1S/C9H19NO2/c1-8(2)10-4-5-12-7-9(10)6-11-3/h8-9H,4-7H2,1-3H3/t9-/m0/s1. The van der Waals surface area contributed by atoms with Crippen LogP contribution in [0.3, 0.4) is 0 Å². The van der Waals surface area contributed by atoms with Gasteiger partial charge < -0.3 is 9.47 Å². The van der Waals surface area contributed by atoms with Crippen LogP contribution in [0.25, 0.3) is 0 Å². The predicted molar refractivity (Wildman–Crippen MR) is 48.3 cm³/mol. The molecule has 12 heavy (non-hydrogen) atoms. The van der Waals surface area contributed by atoms with Crippen molar-refractivity contribution in [2.24, 2.45) is 0 Å². The van der Waals surface area contributed by atoms with Crippen molar-refractivity contribution >= 4 is 0 Å². The van der Waals surface area contributed by atoms with Gasteiger partial charge in [0.2, 0.25) is 0 Å². The molecule has 0 saturated carbocycles. The van der Waals surface area contributed by atoms with Crippen LogP contribution in [0.15, 0.2) is 0 Å². The van der Waals surface area contributed by atoms with Crippen LogP contribution in [0.5, 0.6) is 0 Å². The number of ether oxygens (including phenoxy) is 2. The molecule has 0 amide bonds. The number of methoxy groups -OCH3 is 1. The minimum atomic E-state index is 0.448. The van der Waals surface area contributed by atoms with Gasteiger partial charge in [-0.05, 0) is 13.8 Å². The van der Waals surface area contributed by atoms with Crippen LogP contribution in [0.2, 0.25) is 0 Å². The topological polar surface area (TPSA) is 21.7 Å². The number of hydrogen-bond donors (Lipinski definition) is 0. The summed E-state index contributed by atoms with van der Waals surface area (Å²) in [6, 6.07) is 1.04. The first-order valence-corrected chi connectivity index (χ1v) is 4.58. The Hall–Kier alpha value is -0.120. The molecule has 0 aromatic carbocycles. The third-order valence-corrected chi connectivity index (χ3v) is 2.30. The van der Waals surface area contributed by atoms with Gasteiger partial charge >= 0.3 is 0 Å². The Kier molecular flexibility index (Phi) is 3.98. The third kappa shape index (κ3) is 2.44. The molecule has 0 aromatic heterocycles. The summed E-state index contributed by atoms with van der Waals surface area (Å²) < 4.78 is 10.5. The van der Waals surface area contributed by atoms with Crippen molar-refractivity contribution in [1.29, 1.82) is 0 Å². The summed E-state index contributed by atoms with van der Waals surface area (Å²) in [7, 11) is 1.74. The molecule has 1 fully saturated rings. The molecule has 3 heteroatoms. The van der Waals surface area contributed by atoms with E-state index in [0.717, 1.165) is 26.4 Å². The average molecular weight is 173 g/mol. The van der Waals surface area contributed by atoms with E-state index in [0.29, 0.717) is 12.1 Å². The maximum Gasteiger partial charge on any atom is 0.0645 e. The van der Waals surface area contributed by atoms with Gasteiger partial charge in [-0.2, -0.15) is 0 Å². The van der Waals surface area contributed by atoms with Crippen molar-refractivity contribution in [2.45, 2.75) is 25.9 Å². The molecule has 1 aliphatic heterocycles. The van der Waals surface area contributed by atoms with Crippen LogP contribution >= 0.6 is 0 Å². The van der Waals surface area contributed by atoms with Gasteiger partial charge in [-0.25, -0.2) is 0 Å². The first-order chi connectivity index (χ1) is 5.75. The number of nitrogens with zero attached hydrogens (tertiary/aromatic N) is 1. The molecular formula is C9H19NO2. The molecule has 1 heterocycles. The van der Waals surface area contributed by atoms with Crippen molar-refractivity contribution in [3.63, 3.8) is 0 Å². The number of hydrogen-bond acceptors (Lipinski definition) is 3. The predicted octanol–water partition coefficient (Wildman–Crippen LogP) is 0.742. The molecular weight excluding hydrogens is 154 g/mol. The van der Waals surface area contributed by atoms with E-state index in [1.807, 2.05) is 0 Å². The number of rotatable bonds is 3. The molecule has 0 radical (unpaired) electrons. The van der Waals surface area contributed by atoms with Gasteiger partial charge in [0.15, 0.2) is 0 Å². The van der Waals surface area contributed by atoms with Crippen LogP contribution < -0.4 is 0 Å². The van der Waals surface area contributed by atoms with Crippen LogP contribution in [-0.2, 0) is 9.47 Å². The quantitative estimate of drug-likeness (QED) is 0.628. The molecule has 0 unspecified atom stereocenters. The van der Waals surface area contributed by atoms with E-state index in [4.69, 9.17) is 9.47 Å². The van der Waals surface area contributed by atoms with Gasteiger partial charge in [0, 0.05) is 19.7 Å². The van der Waals surface area contributed by atoms with Crippen molar-refractivity contribution < 1.29 is 9.47 Å². The van der Waals surface area contributed by atoms with E-state index in [9.17, 15) is 0 Å². The Balaban J connectivity index is 2.42. The second-order valence-electron chi connectivity index (χ2n) is 3.52. The molecule has 0 aliphatic carbocycles. The molecule has 1 aliphatic rings. The lowest BCUT2D eigenvalue weighted by molar-refractivity contribution is -0.0478. The summed E-state index contributed by atoms with van der Waals surface area (Å²) in [5.41, 5.74) is 0. The monoisotopic (exact) mass is 173 g/mol. The summed E-state index contributed by atoms with van der Waals surface area (Å²) in [6.07, 6.45) is 0. The minimum Gasteiger partial charge on any atom is -0.383 e. The van der Waals surface area contributed by atoms with Crippen molar-refractivity contribution in [1.82, 2.24) is 4.90 Å². The van der Waals surface area contributed by atoms with Crippen LogP contribution in [-0.4, -0.2) is 50.5 Å². The highest BCUT2D eigenvalue weighted by Crippen LogP contribution is 2.10. The van der Waals surface area contributed by atoms with Gasteiger partial charge in [0.05, 0.1) is 25.9 Å². The van der Waals surface area contributed by atoms with Gasteiger partial charge in [-0.1, -0.05) is 0 Å². The van der Waals surface area contributed by atoms with E-state index in [2.05, 4.69) is 18.7 Å². The van der Waals surface area contributed by atoms with Crippen molar-refractivity contribution in [3.8, 4) is 0 Å². The smallest absolute Gasteiger partial charge is 0.0645 e. The fraction of sp³-hybridized carbons (Fsp3) is 1.00. The van der Waals surface area contributed by atoms with Crippen LogP contribution in [0, 0.1) is 0 Å². The Morgan fingerprint density at radius 2 is 2.33 bits per heavy atom. The van der Waals surface area contributed by atoms with E-state index in [-0.39, 0.29) is 0 Å². The molecule has 1 atom stereocenters. The Bertz CT molecular complexity index is 126. The minimum absolute atomic E-state index is 0.448. The van der Waals surface area contributed by atoms with Gasteiger partial charge in [-0.15, -0.1) is 0 Å². The summed E-state index contributed by atoms with van der Waals surface area (Å²) in [6.45, 7) is 7.91. The number of morpholine rings is 1. The van der Waals surface area contributed by atoms with E-state index < -0.39 is 0 Å². The molecule has 0 spiro atoms. The second kappa shape index (κ2) is 4.80. The molecule has 72 valence electrons. The molecule has 3 nitrogen and oxygen atoms in total. The van der Waals surface area contributed by atoms with Crippen LogP contribution in [0.1, 0.15) is 13.8 Å². The fourth-order valence-electron chi connectivity index (χ4n) is 1.68. The zero-order valence-electron chi connectivity index (χ0n) is 8.25. The van der Waals surface area contributed by atoms with Gasteiger partial charge in [-0.3, -0.25) is 4.90 Å². The summed E-state index contributed by atoms with van der Waals surface area (Å²) >= 11 is 0. The lowest BCUT2D eigenvalue weighted by Gasteiger charge is -2.37. The van der Waals surface area contributed by atoms with Crippen molar-refractivity contribution in [3.05, 3.63) is 0 Å². The highest BCUT2D eigenvalue weighted by atomic mass is 16.5. The Morgan fingerprint density at radius 1 is 1.58 bits per heavy atom.